The highest BCUT2D eigenvalue weighted by atomic mass is 19.2. The number of hydrogen-bond donors (Lipinski definition) is 0. The first-order chi connectivity index (χ1) is 15.4. The van der Waals surface area contributed by atoms with Crippen LogP contribution in [0.25, 0.3) is 6.08 Å². The molecule has 0 unspecified atom stereocenters. The SMILES string of the molecule is COc1ccc(/C=C2\Oc3c(ccc4c3[C@@H](c3ccc(F)c(F)c3)CC(=O)O4)C2=O)cc1. The van der Waals surface area contributed by atoms with Crippen LogP contribution in [0.4, 0.5) is 8.78 Å². The minimum Gasteiger partial charge on any atom is -0.497 e. The minimum atomic E-state index is -1.02. The highest BCUT2D eigenvalue weighted by molar-refractivity contribution is 6.15. The maximum atomic E-state index is 13.9. The summed E-state index contributed by atoms with van der Waals surface area (Å²) in [7, 11) is 1.56. The molecule has 7 heteroatoms. The molecule has 0 amide bonds. The van der Waals surface area contributed by atoms with Gasteiger partial charge in [0.1, 0.15) is 17.2 Å². The van der Waals surface area contributed by atoms with Crippen molar-refractivity contribution in [3.8, 4) is 17.2 Å². The smallest absolute Gasteiger partial charge is 0.312 e. The zero-order valence-electron chi connectivity index (χ0n) is 16.9. The average Bonchev–Trinajstić information content (AvgIpc) is 3.10. The highest BCUT2D eigenvalue weighted by Gasteiger charge is 2.38. The molecular formula is C25H16F2O5. The van der Waals surface area contributed by atoms with Crippen LogP contribution in [-0.2, 0) is 4.79 Å². The molecule has 32 heavy (non-hydrogen) atoms. The van der Waals surface area contributed by atoms with Crippen molar-refractivity contribution in [1.82, 2.24) is 0 Å². The number of esters is 1. The molecule has 0 fully saturated rings. The van der Waals surface area contributed by atoms with Crippen molar-refractivity contribution in [3.05, 3.63) is 94.2 Å². The normalized spacial score (nSPS) is 18.1. The molecular weight excluding hydrogens is 418 g/mol. The van der Waals surface area contributed by atoms with Crippen LogP contribution in [0.1, 0.15) is 39.4 Å². The lowest BCUT2D eigenvalue weighted by Gasteiger charge is -2.26. The van der Waals surface area contributed by atoms with E-state index in [1.165, 1.54) is 18.2 Å². The third-order valence-electron chi connectivity index (χ3n) is 5.54. The fraction of sp³-hybridized carbons (Fsp3) is 0.120. The topological polar surface area (TPSA) is 61.8 Å². The van der Waals surface area contributed by atoms with Gasteiger partial charge in [-0.15, -0.1) is 0 Å². The van der Waals surface area contributed by atoms with Crippen LogP contribution in [0, 0.1) is 11.6 Å². The Labute approximate surface area is 181 Å². The summed E-state index contributed by atoms with van der Waals surface area (Å²) in [5, 5.41) is 0. The summed E-state index contributed by atoms with van der Waals surface area (Å²) in [4.78, 5) is 25.1. The number of hydrogen-bond acceptors (Lipinski definition) is 5. The maximum absolute atomic E-state index is 13.9. The molecule has 160 valence electrons. The zero-order chi connectivity index (χ0) is 22.4. The van der Waals surface area contributed by atoms with Gasteiger partial charge in [-0.05, 0) is 53.6 Å². The van der Waals surface area contributed by atoms with Crippen LogP contribution in [0.3, 0.4) is 0 Å². The van der Waals surface area contributed by atoms with E-state index in [1.807, 2.05) is 0 Å². The lowest BCUT2D eigenvalue weighted by Crippen LogP contribution is -2.21. The number of halogens is 2. The van der Waals surface area contributed by atoms with Gasteiger partial charge in [-0.25, -0.2) is 8.78 Å². The Morgan fingerprint density at radius 2 is 1.75 bits per heavy atom. The van der Waals surface area contributed by atoms with Crippen LogP contribution in [0.5, 0.6) is 17.2 Å². The van der Waals surface area contributed by atoms with Gasteiger partial charge in [0.05, 0.1) is 19.1 Å². The second-order valence-electron chi connectivity index (χ2n) is 7.47. The molecule has 1 atom stereocenters. The van der Waals surface area contributed by atoms with Crippen molar-refractivity contribution in [2.75, 3.05) is 7.11 Å². The van der Waals surface area contributed by atoms with Crippen molar-refractivity contribution in [3.63, 3.8) is 0 Å². The van der Waals surface area contributed by atoms with Crippen molar-refractivity contribution < 1.29 is 32.6 Å². The summed E-state index contributed by atoms with van der Waals surface area (Å²) in [5.41, 5.74) is 1.90. The fourth-order valence-corrected chi connectivity index (χ4v) is 3.97. The second-order valence-corrected chi connectivity index (χ2v) is 7.47. The summed E-state index contributed by atoms with van der Waals surface area (Å²) in [6, 6.07) is 13.6. The quantitative estimate of drug-likeness (QED) is 0.329. The zero-order valence-corrected chi connectivity index (χ0v) is 16.9. The highest BCUT2D eigenvalue weighted by Crippen LogP contribution is 2.49. The number of ether oxygens (including phenoxy) is 3. The Balaban J connectivity index is 1.58. The molecule has 0 N–H and O–H groups in total. The number of ketones is 1. The molecule has 5 nitrogen and oxygen atoms in total. The molecule has 0 saturated heterocycles. The summed E-state index contributed by atoms with van der Waals surface area (Å²) in [6.07, 6.45) is 1.51. The van der Waals surface area contributed by atoms with Crippen LogP contribution in [0.2, 0.25) is 0 Å². The third kappa shape index (κ3) is 3.32. The minimum absolute atomic E-state index is 0.0936. The Hall–Kier alpha value is -4.00. The second kappa shape index (κ2) is 7.60. The van der Waals surface area contributed by atoms with Gasteiger partial charge in [-0.2, -0.15) is 0 Å². The van der Waals surface area contributed by atoms with E-state index in [2.05, 4.69) is 0 Å². The van der Waals surface area contributed by atoms with E-state index in [0.717, 1.165) is 17.7 Å². The molecule has 0 saturated carbocycles. The largest absolute Gasteiger partial charge is 0.497 e. The number of carbonyl (C=O) groups is 2. The summed E-state index contributed by atoms with van der Waals surface area (Å²) >= 11 is 0. The van der Waals surface area contributed by atoms with E-state index in [-0.39, 0.29) is 29.5 Å². The van der Waals surface area contributed by atoms with Gasteiger partial charge >= 0.3 is 5.97 Å². The van der Waals surface area contributed by atoms with Crippen LogP contribution < -0.4 is 14.2 Å². The number of allylic oxidation sites excluding steroid dienone is 1. The Bertz CT molecular complexity index is 1290. The Morgan fingerprint density at radius 3 is 2.47 bits per heavy atom. The molecule has 0 spiro atoms. The number of Topliss-reactive ketones (excluding diaryl/α,β-unsaturated/α-hetero) is 1. The fourth-order valence-electron chi connectivity index (χ4n) is 3.97. The number of carbonyl (C=O) groups excluding carboxylic acids is 2. The van der Waals surface area contributed by atoms with E-state index in [4.69, 9.17) is 14.2 Å². The summed E-state index contributed by atoms with van der Waals surface area (Å²) < 4.78 is 43.8. The standard InChI is InChI=1S/C25H16F2O5/c1-30-15-5-2-13(3-6-15)10-21-24(29)16-7-9-20-23(25(16)32-21)17(12-22(28)31-20)14-4-8-18(26)19(27)11-14/h2-11,17H,12H2,1H3/b21-10-/t17-/m1/s1. The van der Waals surface area contributed by atoms with Crippen molar-refractivity contribution in [1.29, 1.82) is 0 Å². The predicted molar refractivity (Wildman–Crippen MR) is 111 cm³/mol. The Morgan fingerprint density at radius 1 is 0.969 bits per heavy atom. The van der Waals surface area contributed by atoms with Gasteiger partial charge in [-0.1, -0.05) is 18.2 Å². The summed E-state index contributed by atoms with van der Waals surface area (Å²) in [5.74, 6) is -2.20. The lowest BCUT2D eigenvalue weighted by atomic mass is 9.84. The van der Waals surface area contributed by atoms with Gasteiger partial charge in [0, 0.05) is 11.5 Å². The monoisotopic (exact) mass is 434 g/mol. The Kier molecular flexibility index (Phi) is 4.74. The van der Waals surface area contributed by atoms with Gasteiger partial charge in [-0.3, -0.25) is 9.59 Å². The molecule has 0 aromatic heterocycles. The molecule has 2 heterocycles. The first-order valence-electron chi connectivity index (χ1n) is 9.85. The van der Waals surface area contributed by atoms with Gasteiger partial charge in [0.2, 0.25) is 5.78 Å². The first kappa shape index (κ1) is 19.9. The number of fused-ring (bicyclic) bond motifs is 3. The maximum Gasteiger partial charge on any atom is 0.312 e. The molecule has 5 rings (SSSR count). The van der Waals surface area contributed by atoms with Gasteiger partial charge in [0.25, 0.3) is 0 Å². The predicted octanol–water partition coefficient (Wildman–Crippen LogP) is 5.03. The van der Waals surface area contributed by atoms with E-state index in [9.17, 15) is 18.4 Å². The van der Waals surface area contributed by atoms with Crippen molar-refractivity contribution in [2.24, 2.45) is 0 Å². The molecule has 0 bridgehead atoms. The van der Waals surface area contributed by atoms with E-state index < -0.39 is 23.5 Å². The van der Waals surface area contributed by atoms with Gasteiger partial charge in [0.15, 0.2) is 17.4 Å². The van der Waals surface area contributed by atoms with Crippen LogP contribution in [0.15, 0.2) is 60.4 Å². The first-order valence-corrected chi connectivity index (χ1v) is 9.85. The average molecular weight is 434 g/mol. The van der Waals surface area contributed by atoms with Crippen LogP contribution >= 0.6 is 0 Å². The van der Waals surface area contributed by atoms with Crippen LogP contribution in [-0.4, -0.2) is 18.9 Å². The van der Waals surface area contributed by atoms with E-state index in [1.54, 1.807) is 37.5 Å². The number of rotatable bonds is 3. The number of methoxy groups -OCH3 is 1. The molecule has 0 radical (unpaired) electrons. The molecule has 0 aliphatic carbocycles. The lowest BCUT2D eigenvalue weighted by molar-refractivity contribution is -0.135. The van der Waals surface area contributed by atoms with E-state index >= 15 is 0 Å². The van der Waals surface area contributed by atoms with Gasteiger partial charge < -0.3 is 14.2 Å². The molecule has 2 aliphatic heterocycles. The third-order valence-corrected chi connectivity index (χ3v) is 5.54. The van der Waals surface area contributed by atoms with Crippen molar-refractivity contribution in [2.45, 2.75) is 12.3 Å². The molecule has 3 aromatic carbocycles. The number of benzene rings is 3. The van der Waals surface area contributed by atoms with Crippen molar-refractivity contribution >= 4 is 17.8 Å². The van der Waals surface area contributed by atoms with E-state index in [0.29, 0.717) is 22.4 Å². The summed E-state index contributed by atoms with van der Waals surface area (Å²) in [6.45, 7) is 0. The molecule has 3 aromatic rings. The molecule has 2 aliphatic rings.